The summed E-state index contributed by atoms with van der Waals surface area (Å²) >= 11 is 0. The van der Waals surface area contributed by atoms with Crippen molar-refractivity contribution in [2.45, 2.75) is 12.6 Å². The predicted molar refractivity (Wildman–Crippen MR) is 64.7 cm³/mol. The van der Waals surface area contributed by atoms with E-state index >= 15 is 0 Å². The molecule has 17 heavy (non-hydrogen) atoms. The summed E-state index contributed by atoms with van der Waals surface area (Å²) in [6.07, 6.45) is 0. The van der Waals surface area contributed by atoms with Gasteiger partial charge in [-0.15, -0.1) is 0 Å². The molecule has 0 saturated heterocycles. The summed E-state index contributed by atoms with van der Waals surface area (Å²) in [5, 5.41) is 12.0. The molecule has 1 aliphatic rings. The monoisotopic (exact) mass is 237 g/mol. The molecule has 1 unspecified atom stereocenters. The van der Waals surface area contributed by atoms with E-state index < -0.39 is 0 Å². The Morgan fingerprint density at radius 2 is 2.24 bits per heavy atom. The second-order valence-corrected chi connectivity index (χ2v) is 4.06. The van der Waals surface area contributed by atoms with Crippen molar-refractivity contribution in [2.75, 3.05) is 33.0 Å². The zero-order valence-corrected chi connectivity index (χ0v) is 9.89. The molecule has 0 aromatic heterocycles. The lowest BCUT2D eigenvalue weighted by atomic mass is 9.99. The fourth-order valence-corrected chi connectivity index (χ4v) is 2.02. The number of rotatable bonds is 6. The number of nitrogens with one attached hydrogen (secondary N) is 1. The molecule has 0 bridgehead atoms. The maximum atomic E-state index is 8.58. The molecule has 0 aliphatic carbocycles. The average molecular weight is 237 g/mol. The van der Waals surface area contributed by atoms with Crippen molar-refractivity contribution >= 4 is 0 Å². The van der Waals surface area contributed by atoms with Crippen LogP contribution in [0.25, 0.3) is 0 Å². The molecule has 2 rings (SSSR count). The van der Waals surface area contributed by atoms with Crippen LogP contribution in [0, 0.1) is 0 Å². The molecule has 1 heterocycles. The Balaban J connectivity index is 1.82. The first-order valence-corrected chi connectivity index (χ1v) is 5.99. The van der Waals surface area contributed by atoms with Gasteiger partial charge in [0.1, 0.15) is 0 Å². The standard InChI is InChI=1S/C13H19NO3/c15-6-8-16-7-5-14-13-10-17-9-11-3-1-2-4-12(11)13/h1-4,13-15H,5-10H2. The molecule has 4 nitrogen and oxygen atoms in total. The van der Waals surface area contributed by atoms with Gasteiger partial charge in [-0.25, -0.2) is 0 Å². The Labute approximate surface area is 102 Å². The van der Waals surface area contributed by atoms with Gasteiger partial charge in [-0.3, -0.25) is 0 Å². The van der Waals surface area contributed by atoms with Crippen molar-refractivity contribution in [3.05, 3.63) is 35.4 Å². The number of aliphatic hydroxyl groups is 1. The first-order valence-electron chi connectivity index (χ1n) is 5.99. The lowest BCUT2D eigenvalue weighted by Crippen LogP contribution is -2.32. The SMILES string of the molecule is OCCOCCNC1COCc2ccccc21. The van der Waals surface area contributed by atoms with Gasteiger partial charge in [0.25, 0.3) is 0 Å². The summed E-state index contributed by atoms with van der Waals surface area (Å²) < 4.78 is 10.8. The van der Waals surface area contributed by atoms with Crippen LogP contribution in [0.3, 0.4) is 0 Å². The molecule has 94 valence electrons. The molecule has 2 N–H and O–H groups in total. The topological polar surface area (TPSA) is 50.7 Å². The highest BCUT2D eigenvalue weighted by molar-refractivity contribution is 5.30. The van der Waals surface area contributed by atoms with E-state index in [0.29, 0.717) is 26.4 Å². The van der Waals surface area contributed by atoms with E-state index in [1.54, 1.807) is 0 Å². The molecule has 1 aliphatic heterocycles. The van der Waals surface area contributed by atoms with Gasteiger partial charge in [-0.1, -0.05) is 24.3 Å². The van der Waals surface area contributed by atoms with Crippen molar-refractivity contribution in [1.29, 1.82) is 0 Å². The van der Waals surface area contributed by atoms with Gasteiger partial charge in [0.15, 0.2) is 0 Å². The van der Waals surface area contributed by atoms with Crippen LogP contribution in [0.1, 0.15) is 17.2 Å². The van der Waals surface area contributed by atoms with Crippen LogP contribution in [-0.2, 0) is 16.1 Å². The van der Waals surface area contributed by atoms with Gasteiger partial charge >= 0.3 is 0 Å². The number of benzene rings is 1. The Morgan fingerprint density at radius 3 is 3.12 bits per heavy atom. The van der Waals surface area contributed by atoms with Crippen LogP contribution in [0.2, 0.25) is 0 Å². The second kappa shape index (κ2) is 6.71. The van der Waals surface area contributed by atoms with Crippen LogP contribution in [0.5, 0.6) is 0 Å². The largest absolute Gasteiger partial charge is 0.394 e. The second-order valence-electron chi connectivity index (χ2n) is 4.06. The quantitative estimate of drug-likeness (QED) is 0.720. The fraction of sp³-hybridized carbons (Fsp3) is 0.538. The van der Waals surface area contributed by atoms with E-state index in [9.17, 15) is 0 Å². The Bertz CT molecular complexity index is 343. The molecule has 4 heteroatoms. The van der Waals surface area contributed by atoms with E-state index in [1.807, 2.05) is 6.07 Å². The molecule has 1 aromatic carbocycles. The molecule has 0 fully saturated rings. The van der Waals surface area contributed by atoms with Crippen molar-refractivity contribution in [2.24, 2.45) is 0 Å². The zero-order chi connectivity index (χ0) is 11.9. The molecule has 0 radical (unpaired) electrons. The first-order chi connectivity index (χ1) is 8.42. The summed E-state index contributed by atoms with van der Waals surface area (Å²) in [6.45, 7) is 3.27. The molecule has 1 atom stereocenters. The smallest absolute Gasteiger partial charge is 0.0721 e. The van der Waals surface area contributed by atoms with Crippen molar-refractivity contribution in [3.63, 3.8) is 0 Å². The summed E-state index contributed by atoms with van der Waals surface area (Å²) in [4.78, 5) is 0. The summed E-state index contributed by atoms with van der Waals surface area (Å²) in [6, 6.07) is 8.59. The Hall–Kier alpha value is -0.940. The predicted octanol–water partition coefficient (Wildman–Crippen LogP) is 0.856. The van der Waals surface area contributed by atoms with Crippen LogP contribution >= 0.6 is 0 Å². The third-order valence-electron chi connectivity index (χ3n) is 2.85. The first kappa shape index (κ1) is 12.5. The van der Waals surface area contributed by atoms with Crippen molar-refractivity contribution < 1.29 is 14.6 Å². The maximum absolute atomic E-state index is 8.58. The minimum atomic E-state index is 0.0787. The highest BCUT2D eigenvalue weighted by Gasteiger charge is 2.19. The molecule has 0 saturated carbocycles. The van der Waals surface area contributed by atoms with Crippen molar-refractivity contribution in [3.8, 4) is 0 Å². The van der Waals surface area contributed by atoms with Gasteiger partial charge in [-0.2, -0.15) is 0 Å². The Kier molecular flexibility index (Phi) is 4.94. The minimum Gasteiger partial charge on any atom is -0.394 e. The highest BCUT2D eigenvalue weighted by atomic mass is 16.5. The lowest BCUT2D eigenvalue weighted by molar-refractivity contribution is 0.0696. The summed E-state index contributed by atoms with van der Waals surface area (Å²) in [5.74, 6) is 0. The van der Waals surface area contributed by atoms with E-state index in [0.717, 1.165) is 6.54 Å². The van der Waals surface area contributed by atoms with Gasteiger partial charge in [0.05, 0.1) is 39.1 Å². The number of hydrogen-bond acceptors (Lipinski definition) is 4. The zero-order valence-electron chi connectivity index (χ0n) is 9.89. The van der Waals surface area contributed by atoms with E-state index in [-0.39, 0.29) is 12.6 Å². The van der Waals surface area contributed by atoms with E-state index in [4.69, 9.17) is 14.6 Å². The van der Waals surface area contributed by atoms with Crippen molar-refractivity contribution in [1.82, 2.24) is 5.32 Å². The van der Waals surface area contributed by atoms with Gasteiger partial charge < -0.3 is 19.9 Å². The third-order valence-corrected chi connectivity index (χ3v) is 2.85. The molecular weight excluding hydrogens is 218 g/mol. The number of aliphatic hydroxyl groups excluding tert-OH is 1. The minimum absolute atomic E-state index is 0.0787. The van der Waals surface area contributed by atoms with Gasteiger partial charge in [-0.05, 0) is 11.1 Å². The van der Waals surface area contributed by atoms with Crippen LogP contribution in [-0.4, -0.2) is 38.1 Å². The molecule has 0 amide bonds. The lowest BCUT2D eigenvalue weighted by Gasteiger charge is -2.26. The molecule has 0 spiro atoms. The number of fused-ring (bicyclic) bond motifs is 1. The highest BCUT2D eigenvalue weighted by Crippen LogP contribution is 2.23. The fourth-order valence-electron chi connectivity index (χ4n) is 2.02. The van der Waals surface area contributed by atoms with Crippen LogP contribution < -0.4 is 5.32 Å². The average Bonchev–Trinajstić information content (AvgIpc) is 2.39. The van der Waals surface area contributed by atoms with Crippen LogP contribution in [0.4, 0.5) is 0 Å². The molecular formula is C13H19NO3. The summed E-state index contributed by atoms with van der Waals surface area (Å²) in [5.41, 5.74) is 2.58. The summed E-state index contributed by atoms with van der Waals surface area (Å²) in [7, 11) is 0. The number of hydrogen-bond donors (Lipinski definition) is 2. The van der Waals surface area contributed by atoms with E-state index in [2.05, 4.69) is 23.5 Å². The van der Waals surface area contributed by atoms with Gasteiger partial charge in [0.2, 0.25) is 0 Å². The molecule has 1 aromatic rings. The third kappa shape index (κ3) is 3.51. The van der Waals surface area contributed by atoms with Crippen LogP contribution in [0.15, 0.2) is 24.3 Å². The van der Waals surface area contributed by atoms with E-state index in [1.165, 1.54) is 11.1 Å². The number of ether oxygens (including phenoxy) is 2. The maximum Gasteiger partial charge on any atom is 0.0721 e. The normalized spacial score (nSPS) is 19.0. The van der Waals surface area contributed by atoms with Gasteiger partial charge in [0, 0.05) is 6.54 Å². The Morgan fingerprint density at radius 1 is 1.35 bits per heavy atom.